The highest BCUT2D eigenvalue weighted by Gasteiger charge is 2.21. The van der Waals surface area contributed by atoms with E-state index in [1.165, 1.54) is 6.42 Å². The summed E-state index contributed by atoms with van der Waals surface area (Å²) in [6.45, 7) is 7.77. The zero-order valence-corrected chi connectivity index (χ0v) is 13.9. The van der Waals surface area contributed by atoms with E-state index in [0.717, 1.165) is 31.8 Å². The summed E-state index contributed by atoms with van der Waals surface area (Å²) in [5.74, 6) is 1.01. The Hall–Kier alpha value is -0.690. The molecule has 0 aliphatic carbocycles. The number of piperidine rings is 1. The van der Waals surface area contributed by atoms with E-state index in [0.29, 0.717) is 52.6 Å². The molecule has 22 heavy (non-hydrogen) atoms. The number of hydrogen-bond acceptors (Lipinski definition) is 5. The molecule has 1 fully saturated rings. The molecule has 130 valence electrons. The molecule has 0 aromatic heterocycles. The van der Waals surface area contributed by atoms with Crippen molar-refractivity contribution in [3.8, 4) is 0 Å². The number of nitrogens with two attached hydrogens (primary N) is 1. The van der Waals surface area contributed by atoms with Crippen LogP contribution in [0.5, 0.6) is 0 Å². The Morgan fingerprint density at radius 1 is 1.00 bits per heavy atom. The minimum absolute atomic E-state index is 0.214. The summed E-state index contributed by atoms with van der Waals surface area (Å²) in [5, 5.41) is 0. The van der Waals surface area contributed by atoms with Crippen LogP contribution in [0.1, 0.15) is 32.6 Å². The summed E-state index contributed by atoms with van der Waals surface area (Å²) in [6.07, 6.45) is 3.98. The van der Waals surface area contributed by atoms with Gasteiger partial charge in [-0.2, -0.15) is 0 Å². The van der Waals surface area contributed by atoms with Crippen LogP contribution in [0.15, 0.2) is 0 Å². The van der Waals surface area contributed by atoms with E-state index in [-0.39, 0.29) is 5.91 Å². The van der Waals surface area contributed by atoms with Crippen LogP contribution in [0.2, 0.25) is 0 Å². The highest BCUT2D eigenvalue weighted by molar-refractivity contribution is 5.76. The third-order valence-electron chi connectivity index (χ3n) is 4.01. The van der Waals surface area contributed by atoms with Gasteiger partial charge in [-0.15, -0.1) is 0 Å². The molecular formula is C16H32N2O4. The summed E-state index contributed by atoms with van der Waals surface area (Å²) >= 11 is 0. The van der Waals surface area contributed by atoms with Crippen LogP contribution in [0.4, 0.5) is 0 Å². The van der Waals surface area contributed by atoms with Gasteiger partial charge in [0, 0.05) is 19.6 Å². The van der Waals surface area contributed by atoms with Gasteiger partial charge in [-0.1, -0.05) is 13.3 Å². The van der Waals surface area contributed by atoms with Gasteiger partial charge in [0.1, 0.15) is 0 Å². The quantitative estimate of drug-likeness (QED) is 0.544. The Kier molecular flexibility index (Phi) is 11.3. The molecule has 0 aromatic carbocycles. The SMILES string of the molecule is CCC1CCN(C(=O)CCOCCOCCOCCN)CC1. The molecule has 0 bridgehead atoms. The number of rotatable bonds is 12. The minimum atomic E-state index is 0.214. The first-order valence-electron chi connectivity index (χ1n) is 8.49. The number of hydrogen-bond donors (Lipinski definition) is 1. The molecular weight excluding hydrogens is 284 g/mol. The van der Waals surface area contributed by atoms with E-state index in [1.807, 2.05) is 4.90 Å². The first kappa shape index (κ1) is 19.4. The van der Waals surface area contributed by atoms with E-state index in [4.69, 9.17) is 19.9 Å². The summed E-state index contributed by atoms with van der Waals surface area (Å²) in [5.41, 5.74) is 5.30. The maximum Gasteiger partial charge on any atom is 0.224 e. The number of carbonyl (C=O) groups is 1. The van der Waals surface area contributed by atoms with Crippen molar-refractivity contribution in [3.63, 3.8) is 0 Å². The second kappa shape index (κ2) is 12.8. The average Bonchev–Trinajstić information content (AvgIpc) is 2.56. The fourth-order valence-electron chi connectivity index (χ4n) is 2.53. The van der Waals surface area contributed by atoms with Crippen molar-refractivity contribution in [2.75, 3.05) is 59.3 Å². The predicted octanol–water partition coefficient (Wildman–Crippen LogP) is 1.03. The molecule has 0 spiro atoms. The van der Waals surface area contributed by atoms with Gasteiger partial charge >= 0.3 is 0 Å². The van der Waals surface area contributed by atoms with Crippen molar-refractivity contribution < 1.29 is 19.0 Å². The third kappa shape index (κ3) is 8.68. The standard InChI is InChI=1S/C16H32N2O4/c1-2-15-3-7-18(8-4-15)16(19)5-9-20-11-13-22-14-12-21-10-6-17/h15H,2-14,17H2,1H3. The second-order valence-corrected chi connectivity index (χ2v) is 5.61. The number of carbonyl (C=O) groups excluding carboxylic acids is 1. The van der Waals surface area contributed by atoms with E-state index in [9.17, 15) is 4.79 Å². The fourth-order valence-corrected chi connectivity index (χ4v) is 2.53. The lowest BCUT2D eigenvalue weighted by Crippen LogP contribution is -2.38. The highest BCUT2D eigenvalue weighted by Crippen LogP contribution is 2.20. The van der Waals surface area contributed by atoms with Crippen LogP contribution >= 0.6 is 0 Å². The Labute approximate surface area is 134 Å². The number of likely N-dealkylation sites (tertiary alicyclic amines) is 1. The largest absolute Gasteiger partial charge is 0.379 e. The molecule has 1 amide bonds. The summed E-state index contributed by atoms with van der Waals surface area (Å²) in [7, 11) is 0. The monoisotopic (exact) mass is 316 g/mol. The molecule has 2 N–H and O–H groups in total. The van der Waals surface area contributed by atoms with Crippen LogP contribution in [0.25, 0.3) is 0 Å². The van der Waals surface area contributed by atoms with Crippen LogP contribution in [0, 0.1) is 5.92 Å². The number of nitrogens with zero attached hydrogens (tertiary/aromatic N) is 1. The third-order valence-corrected chi connectivity index (χ3v) is 4.01. The highest BCUT2D eigenvalue weighted by atomic mass is 16.5. The van der Waals surface area contributed by atoms with Gasteiger partial charge in [-0.25, -0.2) is 0 Å². The number of ether oxygens (including phenoxy) is 3. The molecule has 0 unspecified atom stereocenters. The lowest BCUT2D eigenvalue weighted by molar-refractivity contribution is -0.133. The zero-order valence-electron chi connectivity index (χ0n) is 13.9. The van der Waals surface area contributed by atoms with Crippen molar-refractivity contribution in [1.82, 2.24) is 4.90 Å². The van der Waals surface area contributed by atoms with E-state index in [2.05, 4.69) is 6.92 Å². The average molecular weight is 316 g/mol. The lowest BCUT2D eigenvalue weighted by Gasteiger charge is -2.31. The molecule has 6 heteroatoms. The maximum atomic E-state index is 12.0. The summed E-state index contributed by atoms with van der Waals surface area (Å²) in [4.78, 5) is 14.0. The Balaban J connectivity index is 1.89. The number of amides is 1. The molecule has 0 aromatic rings. The zero-order chi connectivity index (χ0) is 16.0. The van der Waals surface area contributed by atoms with Crippen LogP contribution < -0.4 is 5.73 Å². The molecule has 1 aliphatic rings. The second-order valence-electron chi connectivity index (χ2n) is 5.61. The molecule has 0 atom stereocenters. The normalized spacial score (nSPS) is 16.2. The molecule has 1 aliphatic heterocycles. The van der Waals surface area contributed by atoms with Gasteiger partial charge < -0.3 is 24.8 Å². The van der Waals surface area contributed by atoms with Gasteiger partial charge in [0.05, 0.1) is 46.1 Å². The molecule has 0 radical (unpaired) electrons. The molecule has 1 rings (SSSR count). The predicted molar refractivity (Wildman–Crippen MR) is 85.7 cm³/mol. The first-order valence-corrected chi connectivity index (χ1v) is 8.49. The lowest BCUT2D eigenvalue weighted by atomic mass is 9.94. The van der Waals surface area contributed by atoms with Gasteiger partial charge in [-0.05, 0) is 18.8 Å². The Bertz CT molecular complexity index is 281. The molecule has 6 nitrogen and oxygen atoms in total. The van der Waals surface area contributed by atoms with Crippen LogP contribution in [-0.2, 0) is 19.0 Å². The van der Waals surface area contributed by atoms with Crippen LogP contribution in [0.3, 0.4) is 0 Å². The van der Waals surface area contributed by atoms with Crippen molar-refractivity contribution in [2.45, 2.75) is 32.6 Å². The van der Waals surface area contributed by atoms with Crippen molar-refractivity contribution in [2.24, 2.45) is 11.7 Å². The van der Waals surface area contributed by atoms with Crippen molar-refractivity contribution in [1.29, 1.82) is 0 Å². The summed E-state index contributed by atoms with van der Waals surface area (Å²) in [6, 6.07) is 0. The minimum Gasteiger partial charge on any atom is -0.379 e. The van der Waals surface area contributed by atoms with Gasteiger partial charge in [0.25, 0.3) is 0 Å². The van der Waals surface area contributed by atoms with Gasteiger partial charge in [-0.3, -0.25) is 4.79 Å². The van der Waals surface area contributed by atoms with Crippen LogP contribution in [-0.4, -0.2) is 70.1 Å². The first-order chi connectivity index (χ1) is 10.8. The van der Waals surface area contributed by atoms with E-state index in [1.54, 1.807) is 0 Å². The topological polar surface area (TPSA) is 74.0 Å². The Morgan fingerprint density at radius 2 is 1.55 bits per heavy atom. The van der Waals surface area contributed by atoms with Gasteiger partial charge in [0.15, 0.2) is 0 Å². The molecule has 1 heterocycles. The Morgan fingerprint density at radius 3 is 2.09 bits per heavy atom. The van der Waals surface area contributed by atoms with Crippen molar-refractivity contribution in [3.05, 3.63) is 0 Å². The smallest absolute Gasteiger partial charge is 0.224 e. The summed E-state index contributed by atoms with van der Waals surface area (Å²) < 4.78 is 16.0. The van der Waals surface area contributed by atoms with E-state index < -0.39 is 0 Å². The fraction of sp³-hybridized carbons (Fsp3) is 0.938. The maximum absolute atomic E-state index is 12.0. The van der Waals surface area contributed by atoms with Gasteiger partial charge in [0.2, 0.25) is 5.91 Å². The van der Waals surface area contributed by atoms with Crippen molar-refractivity contribution >= 4 is 5.91 Å². The molecule has 1 saturated heterocycles. The molecule has 0 saturated carbocycles. The van der Waals surface area contributed by atoms with E-state index >= 15 is 0 Å².